The first-order valence-corrected chi connectivity index (χ1v) is 7.74. The molecule has 3 rings (SSSR count). The number of guanidine groups is 1. The van der Waals surface area contributed by atoms with Crippen molar-refractivity contribution in [3.8, 4) is 11.1 Å². The van der Waals surface area contributed by atoms with Crippen LogP contribution in [0.25, 0.3) is 22.0 Å². The molecule has 0 radical (unpaired) electrons. The number of carbonyl (C=O) groups is 1. The van der Waals surface area contributed by atoms with Gasteiger partial charge in [0, 0.05) is 28.3 Å². The van der Waals surface area contributed by atoms with Crippen molar-refractivity contribution >= 4 is 34.4 Å². The van der Waals surface area contributed by atoms with Crippen molar-refractivity contribution in [1.29, 1.82) is 0 Å². The van der Waals surface area contributed by atoms with Crippen molar-refractivity contribution in [2.75, 3.05) is 0 Å². The maximum absolute atomic E-state index is 14.3. The van der Waals surface area contributed by atoms with Crippen molar-refractivity contribution in [3.05, 3.63) is 64.6 Å². The Morgan fingerprint density at radius 1 is 1.24 bits per heavy atom. The Balaban J connectivity index is 2.36. The number of aromatic nitrogens is 1. The van der Waals surface area contributed by atoms with Gasteiger partial charge < -0.3 is 11.5 Å². The number of hydrogen-bond donors (Lipinski definition) is 2. The maximum Gasteiger partial charge on any atom is 0.280 e. The van der Waals surface area contributed by atoms with E-state index in [-0.39, 0.29) is 16.5 Å². The van der Waals surface area contributed by atoms with Crippen LogP contribution < -0.4 is 11.5 Å². The number of carbonyl (C=O) groups excluding carboxylic acids is 1. The lowest BCUT2D eigenvalue weighted by Crippen LogP contribution is -2.24. The molecule has 0 bridgehead atoms. The zero-order valence-electron chi connectivity index (χ0n) is 13.3. The SMILES string of the molecule is Cc1cc(C(=O)N=C(N)N)cc2c(-c3ccccc3F)c(Cl)cnc12. The van der Waals surface area contributed by atoms with E-state index < -0.39 is 11.7 Å². The van der Waals surface area contributed by atoms with Crippen LogP contribution in [0.3, 0.4) is 0 Å². The highest BCUT2D eigenvalue weighted by atomic mass is 35.5. The van der Waals surface area contributed by atoms with Gasteiger partial charge in [-0.25, -0.2) is 4.39 Å². The number of benzene rings is 2. The number of rotatable bonds is 2. The molecule has 1 aromatic heterocycles. The highest BCUT2D eigenvalue weighted by Gasteiger charge is 2.17. The number of aryl methyl sites for hydroxylation is 1. The third kappa shape index (κ3) is 3.16. The molecule has 0 aliphatic carbocycles. The van der Waals surface area contributed by atoms with E-state index in [1.165, 1.54) is 12.3 Å². The Labute approximate surface area is 148 Å². The standard InChI is InChI=1S/C18H14ClFN4O/c1-9-6-10(17(25)24-18(21)22)7-12-15(13(19)8-23-16(9)12)11-4-2-3-5-14(11)20/h2-8H,1H3,(H4,21,22,24,25). The summed E-state index contributed by atoms with van der Waals surface area (Å²) in [6.45, 7) is 1.79. The summed E-state index contributed by atoms with van der Waals surface area (Å²) >= 11 is 6.30. The molecule has 0 spiro atoms. The molecular weight excluding hydrogens is 343 g/mol. The fourth-order valence-electron chi connectivity index (χ4n) is 2.70. The Kier molecular flexibility index (Phi) is 4.37. The Morgan fingerprint density at radius 2 is 1.96 bits per heavy atom. The van der Waals surface area contributed by atoms with Crippen molar-refractivity contribution in [2.45, 2.75) is 6.92 Å². The molecule has 2 aromatic carbocycles. The van der Waals surface area contributed by atoms with Gasteiger partial charge in [-0.1, -0.05) is 29.8 Å². The predicted octanol–water partition coefficient (Wildman–Crippen LogP) is 3.42. The second-order valence-corrected chi connectivity index (χ2v) is 5.90. The molecule has 0 saturated carbocycles. The van der Waals surface area contributed by atoms with Gasteiger partial charge >= 0.3 is 0 Å². The summed E-state index contributed by atoms with van der Waals surface area (Å²) < 4.78 is 14.3. The number of aliphatic imine (C=N–C) groups is 1. The van der Waals surface area contributed by atoms with Gasteiger partial charge in [-0.15, -0.1) is 0 Å². The molecule has 0 fully saturated rings. The number of pyridine rings is 1. The van der Waals surface area contributed by atoms with Gasteiger partial charge in [-0.3, -0.25) is 9.78 Å². The van der Waals surface area contributed by atoms with Gasteiger partial charge in [0.1, 0.15) is 5.82 Å². The summed E-state index contributed by atoms with van der Waals surface area (Å²) in [5.41, 5.74) is 12.9. The smallest absolute Gasteiger partial charge is 0.280 e. The van der Waals surface area contributed by atoms with Crippen LogP contribution in [0.1, 0.15) is 15.9 Å². The molecule has 0 unspecified atom stereocenters. The first-order valence-electron chi connectivity index (χ1n) is 7.36. The summed E-state index contributed by atoms with van der Waals surface area (Å²) in [6.07, 6.45) is 1.47. The Bertz CT molecular complexity index is 1030. The van der Waals surface area contributed by atoms with Gasteiger partial charge in [-0.2, -0.15) is 4.99 Å². The summed E-state index contributed by atoms with van der Waals surface area (Å²) in [4.78, 5) is 20.0. The zero-order valence-corrected chi connectivity index (χ0v) is 14.0. The van der Waals surface area contributed by atoms with Gasteiger partial charge in [0.25, 0.3) is 5.91 Å². The zero-order chi connectivity index (χ0) is 18.1. The van der Waals surface area contributed by atoms with Crippen molar-refractivity contribution < 1.29 is 9.18 Å². The van der Waals surface area contributed by atoms with Crippen LogP contribution in [0.15, 0.2) is 47.6 Å². The first kappa shape index (κ1) is 16.9. The summed E-state index contributed by atoms with van der Waals surface area (Å²) in [5.74, 6) is -1.35. The number of nitrogens with zero attached hydrogens (tertiary/aromatic N) is 2. The Hall–Kier alpha value is -2.99. The quantitative estimate of drug-likeness (QED) is 0.543. The Morgan fingerprint density at radius 3 is 2.64 bits per heavy atom. The van der Waals surface area contributed by atoms with E-state index in [9.17, 15) is 9.18 Å². The van der Waals surface area contributed by atoms with Crippen LogP contribution in [-0.2, 0) is 0 Å². The van der Waals surface area contributed by atoms with Gasteiger partial charge in [-0.05, 0) is 30.7 Å². The minimum atomic E-state index is -0.593. The fourth-order valence-corrected chi connectivity index (χ4v) is 2.95. The normalized spacial score (nSPS) is 10.7. The molecular formula is C18H14ClFN4O. The predicted molar refractivity (Wildman–Crippen MR) is 97.0 cm³/mol. The summed E-state index contributed by atoms with van der Waals surface area (Å²) in [5, 5.41) is 0.829. The third-order valence-electron chi connectivity index (χ3n) is 3.74. The molecule has 5 nitrogen and oxygen atoms in total. The minimum absolute atomic E-state index is 0.264. The maximum atomic E-state index is 14.3. The molecule has 3 aromatic rings. The van der Waals surface area contributed by atoms with Crippen molar-refractivity contribution in [3.63, 3.8) is 0 Å². The van der Waals surface area contributed by atoms with E-state index in [2.05, 4.69) is 9.98 Å². The highest BCUT2D eigenvalue weighted by Crippen LogP contribution is 2.37. The lowest BCUT2D eigenvalue weighted by atomic mass is 9.97. The van der Waals surface area contributed by atoms with Crippen LogP contribution in [-0.4, -0.2) is 16.9 Å². The summed E-state index contributed by atoms with van der Waals surface area (Å²) in [7, 11) is 0. The summed E-state index contributed by atoms with van der Waals surface area (Å²) in [6, 6.07) is 9.47. The lowest BCUT2D eigenvalue weighted by Gasteiger charge is -2.12. The number of amides is 1. The van der Waals surface area contributed by atoms with Gasteiger partial charge in [0.05, 0.1) is 10.5 Å². The van der Waals surface area contributed by atoms with E-state index >= 15 is 0 Å². The van der Waals surface area contributed by atoms with Crippen LogP contribution >= 0.6 is 11.6 Å². The van der Waals surface area contributed by atoms with Crippen LogP contribution in [0.4, 0.5) is 4.39 Å². The number of nitrogens with two attached hydrogens (primary N) is 2. The van der Waals surface area contributed by atoms with Crippen LogP contribution in [0.5, 0.6) is 0 Å². The van der Waals surface area contributed by atoms with Crippen molar-refractivity contribution in [1.82, 2.24) is 4.98 Å². The van der Waals surface area contributed by atoms with E-state index in [0.717, 1.165) is 5.56 Å². The largest absolute Gasteiger partial charge is 0.370 e. The molecule has 0 saturated heterocycles. The average molecular weight is 357 g/mol. The van der Waals surface area contributed by atoms with E-state index in [0.29, 0.717) is 22.0 Å². The molecule has 1 heterocycles. The first-order chi connectivity index (χ1) is 11.9. The second-order valence-electron chi connectivity index (χ2n) is 5.49. The van der Waals surface area contributed by atoms with Gasteiger partial charge in [0.15, 0.2) is 5.96 Å². The third-order valence-corrected chi connectivity index (χ3v) is 4.02. The molecule has 126 valence electrons. The van der Waals surface area contributed by atoms with Crippen molar-refractivity contribution in [2.24, 2.45) is 16.5 Å². The van der Waals surface area contributed by atoms with Crippen LogP contribution in [0.2, 0.25) is 5.02 Å². The monoisotopic (exact) mass is 356 g/mol. The lowest BCUT2D eigenvalue weighted by molar-refractivity contribution is 0.100. The molecule has 7 heteroatoms. The minimum Gasteiger partial charge on any atom is -0.370 e. The topological polar surface area (TPSA) is 94.4 Å². The number of halogens is 2. The molecule has 0 aliphatic heterocycles. The molecule has 1 amide bonds. The van der Waals surface area contributed by atoms with Gasteiger partial charge in [0.2, 0.25) is 0 Å². The van der Waals surface area contributed by atoms with E-state index in [1.54, 1.807) is 37.3 Å². The fraction of sp³-hybridized carbons (Fsp3) is 0.0556. The average Bonchev–Trinajstić information content (AvgIpc) is 2.55. The number of hydrogen-bond acceptors (Lipinski definition) is 2. The molecule has 0 aliphatic rings. The number of fused-ring (bicyclic) bond motifs is 1. The van der Waals surface area contributed by atoms with E-state index in [4.69, 9.17) is 23.1 Å². The molecule has 25 heavy (non-hydrogen) atoms. The second kappa shape index (κ2) is 6.49. The van der Waals surface area contributed by atoms with E-state index in [1.807, 2.05) is 0 Å². The molecule has 0 atom stereocenters. The highest BCUT2D eigenvalue weighted by molar-refractivity contribution is 6.35. The molecule has 4 N–H and O–H groups in total. The van der Waals surface area contributed by atoms with Crippen LogP contribution in [0, 0.1) is 12.7 Å².